The maximum Gasteiger partial charge on any atom is 0.350 e. The van der Waals surface area contributed by atoms with E-state index >= 15 is 0 Å². The van der Waals surface area contributed by atoms with E-state index in [1.54, 1.807) is 0 Å². The standard InChI is InChI=1S/C4H7ClO3/c1-7-3(5)4(6)8-2/h3H,1-2H3/t3-/m1/s1. The number of hydrogen-bond acceptors (Lipinski definition) is 3. The summed E-state index contributed by atoms with van der Waals surface area (Å²) in [6.45, 7) is 0. The van der Waals surface area contributed by atoms with Crippen LogP contribution in [0.4, 0.5) is 0 Å². The van der Waals surface area contributed by atoms with Gasteiger partial charge in [0.25, 0.3) is 0 Å². The summed E-state index contributed by atoms with van der Waals surface area (Å²) in [7, 11) is 2.57. The Morgan fingerprint density at radius 1 is 1.62 bits per heavy atom. The highest BCUT2D eigenvalue weighted by Crippen LogP contribution is 1.96. The van der Waals surface area contributed by atoms with Crippen molar-refractivity contribution in [1.82, 2.24) is 0 Å². The number of halogens is 1. The van der Waals surface area contributed by atoms with Crippen molar-refractivity contribution in [1.29, 1.82) is 0 Å². The summed E-state index contributed by atoms with van der Waals surface area (Å²) < 4.78 is 8.60. The van der Waals surface area contributed by atoms with E-state index in [1.807, 2.05) is 0 Å². The number of alkyl halides is 1. The number of methoxy groups -OCH3 is 2. The van der Waals surface area contributed by atoms with Gasteiger partial charge < -0.3 is 9.47 Å². The van der Waals surface area contributed by atoms with Crippen molar-refractivity contribution < 1.29 is 14.3 Å². The molecule has 0 aromatic rings. The Bertz CT molecular complexity index is 83.4. The van der Waals surface area contributed by atoms with Crippen LogP contribution in [-0.4, -0.2) is 25.8 Å². The molecule has 0 amide bonds. The van der Waals surface area contributed by atoms with Gasteiger partial charge in [-0.15, -0.1) is 0 Å². The smallest absolute Gasteiger partial charge is 0.350 e. The Balaban J connectivity index is 3.46. The summed E-state index contributed by atoms with van der Waals surface area (Å²) in [5.74, 6) is -0.575. The van der Waals surface area contributed by atoms with Crippen molar-refractivity contribution in [2.45, 2.75) is 5.56 Å². The molecule has 4 heteroatoms. The molecule has 1 atom stereocenters. The summed E-state index contributed by atoms with van der Waals surface area (Å²) in [4.78, 5) is 10.3. The van der Waals surface area contributed by atoms with Crippen molar-refractivity contribution in [2.75, 3.05) is 14.2 Å². The topological polar surface area (TPSA) is 35.5 Å². The van der Waals surface area contributed by atoms with Crippen molar-refractivity contribution in [3.8, 4) is 0 Å². The molecule has 3 nitrogen and oxygen atoms in total. The molecule has 0 aliphatic carbocycles. The summed E-state index contributed by atoms with van der Waals surface area (Å²) in [6, 6.07) is 0. The van der Waals surface area contributed by atoms with Crippen LogP contribution in [0, 0.1) is 0 Å². The Labute approximate surface area is 52.5 Å². The Morgan fingerprint density at radius 2 is 2.12 bits per heavy atom. The van der Waals surface area contributed by atoms with Crippen LogP contribution in [0.25, 0.3) is 0 Å². The van der Waals surface area contributed by atoms with Crippen molar-refractivity contribution in [3.05, 3.63) is 0 Å². The molecule has 0 N–H and O–H groups in total. The minimum Gasteiger partial charge on any atom is -0.466 e. The molecule has 0 aliphatic rings. The molecule has 0 spiro atoms. The minimum atomic E-state index is -0.972. The molecule has 0 aromatic heterocycles. The zero-order valence-corrected chi connectivity index (χ0v) is 5.44. The van der Waals surface area contributed by atoms with Crippen LogP contribution in [-0.2, 0) is 14.3 Å². The summed E-state index contributed by atoms with van der Waals surface area (Å²) in [6.07, 6.45) is 0. The molecule has 0 saturated heterocycles. The van der Waals surface area contributed by atoms with Crippen LogP contribution >= 0.6 is 11.6 Å². The lowest BCUT2D eigenvalue weighted by molar-refractivity contribution is -0.147. The molecule has 0 heterocycles. The highest BCUT2D eigenvalue weighted by Gasteiger charge is 2.12. The van der Waals surface area contributed by atoms with E-state index in [2.05, 4.69) is 9.47 Å². The fraction of sp³-hybridized carbons (Fsp3) is 0.750. The summed E-state index contributed by atoms with van der Waals surface area (Å²) in [5.41, 5.74) is -0.972. The lowest BCUT2D eigenvalue weighted by Crippen LogP contribution is -2.17. The molecule has 0 rings (SSSR count). The molecule has 0 aromatic carbocycles. The van der Waals surface area contributed by atoms with Crippen LogP contribution < -0.4 is 0 Å². The summed E-state index contributed by atoms with van der Waals surface area (Å²) in [5, 5.41) is 0. The van der Waals surface area contributed by atoms with Gasteiger partial charge in [-0.1, -0.05) is 11.6 Å². The third-order valence-electron chi connectivity index (χ3n) is 0.593. The van der Waals surface area contributed by atoms with E-state index < -0.39 is 11.5 Å². The van der Waals surface area contributed by atoms with Crippen LogP contribution in [0.3, 0.4) is 0 Å². The van der Waals surface area contributed by atoms with E-state index in [-0.39, 0.29) is 0 Å². The molecule has 0 saturated carbocycles. The second kappa shape index (κ2) is 3.69. The lowest BCUT2D eigenvalue weighted by atomic mass is 10.7. The molecule has 0 fully saturated rings. The van der Waals surface area contributed by atoms with E-state index in [4.69, 9.17) is 11.6 Å². The molecule has 8 heavy (non-hydrogen) atoms. The summed E-state index contributed by atoms with van der Waals surface area (Å²) >= 11 is 5.22. The Hall–Kier alpha value is -0.280. The average molecular weight is 139 g/mol. The molecule has 0 unspecified atom stereocenters. The van der Waals surface area contributed by atoms with Gasteiger partial charge in [-0.3, -0.25) is 0 Å². The van der Waals surface area contributed by atoms with E-state index in [0.717, 1.165) is 0 Å². The molecular weight excluding hydrogens is 131 g/mol. The third kappa shape index (κ3) is 2.14. The number of carbonyl (C=O) groups is 1. The molecule has 0 bridgehead atoms. The Morgan fingerprint density at radius 3 is 2.25 bits per heavy atom. The van der Waals surface area contributed by atoms with Gasteiger partial charge in [0, 0.05) is 7.11 Å². The van der Waals surface area contributed by atoms with Crippen molar-refractivity contribution >= 4 is 17.6 Å². The van der Waals surface area contributed by atoms with Crippen LogP contribution in [0.1, 0.15) is 0 Å². The largest absolute Gasteiger partial charge is 0.466 e. The number of esters is 1. The predicted molar refractivity (Wildman–Crippen MR) is 28.7 cm³/mol. The van der Waals surface area contributed by atoms with Gasteiger partial charge >= 0.3 is 5.97 Å². The fourth-order valence-corrected chi connectivity index (χ4v) is 0.278. The number of hydrogen-bond donors (Lipinski definition) is 0. The molecule has 0 aliphatic heterocycles. The first-order valence-electron chi connectivity index (χ1n) is 1.97. The lowest BCUT2D eigenvalue weighted by Gasteiger charge is -2.01. The maximum atomic E-state index is 10.3. The molecule has 0 radical (unpaired) electrons. The third-order valence-corrected chi connectivity index (χ3v) is 0.950. The first-order valence-corrected chi connectivity index (χ1v) is 2.40. The van der Waals surface area contributed by atoms with E-state index in [9.17, 15) is 4.79 Å². The number of rotatable bonds is 2. The zero-order chi connectivity index (χ0) is 6.57. The highest BCUT2D eigenvalue weighted by atomic mass is 35.5. The predicted octanol–water partition coefficient (Wildman–Crippen LogP) is 0.371. The van der Waals surface area contributed by atoms with Gasteiger partial charge in [0.05, 0.1) is 7.11 Å². The second-order valence-corrected chi connectivity index (χ2v) is 1.47. The van der Waals surface area contributed by atoms with Gasteiger partial charge in [-0.25, -0.2) is 4.79 Å². The highest BCUT2D eigenvalue weighted by molar-refractivity contribution is 6.28. The van der Waals surface area contributed by atoms with Crippen molar-refractivity contribution in [3.63, 3.8) is 0 Å². The quantitative estimate of drug-likeness (QED) is 0.409. The average Bonchev–Trinajstić information content (AvgIpc) is 1.84. The van der Waals surface area contributed by atoms with Crippen molar-refractivity contribution in [2.24, 2.45) is 0 Å². The normalized spacial score (nSPS) is 12.9. The first kappa shape index (κ1) is 7.72. The fourth-order valence-electron chi connectivity index (χ4n) is 0.189. The minimum absolute atomic E-state index is 0.575. The van der Waals surface area contributed by atoms with Crippen LogP contribution in [0.5, 0.6) is 0 Å². The first-order chi connectivity index (χ1) is 3.72. The van der Waals surface area contributed by atoms with Gasteiger partial charge in [0.15, 0.2) is 0 Å². The maximum absolute atomic E-state index is 10.3. The van der Waals surface area contributed by atoms with Gasteiger partial charge in [0.2, 0.25) is 5.56 Å². The van der Waals surface area contributed by atoms with Crippen LogP contribution in [0.15, 0.2) is 0 Å². The van der Waals surface area contributed by atoms with Crippen LogP contribution in [0.2, 0.25) is 0 Å². The van der Waals surface area contributed by atoms with E-state index in [0.29, 0.717) is 0 Å². The molecule has 48 valence electrons. The zero-order valence-electron chi connectivity index (χ0n) is 4.68. The van der Waals surface area contributed by atoms with Gasteiger partial charge in [-0.2, -0.15) is 0 Å². The Kier molecular flexibility index (Phi) is 3.56. The van der Waals surface area contributed by atoms with E-state index in [1.165, 1.54) is 14.2 Å². The molecular formula is C4H7ClO3. The number of ether oxygens (including phenoxy) is 2. The number of carbonyl (C=O) groups excluding carboxylic acids is 1. The monoisotopic (exact) mass is 138 g/mol. The van der Waals surface area contributed by atoms with Gasteiger partial charge in [0.1, 0.15) is 0 Å². The van der Waals surface area contributed by atoms with Gasteiger partial charge in [-0.05, 0) is 0 Å². The SMILES string of the molecule is COC(=O)[C@H](Cl)OC. The second-order valence-electron chi connectivity index (χ2n) is 1.07.